The van der Waals surface area contributed by atoms with Crippen molar-refractivity contribution in [2.24, 2.45) is 0 Å². The second kappa shape index (κ2) is 8.48. The molecule has 162 valence electrons. The average Bonchev–Trinajstić information content (AvgIpc) is 3.44. The van der Waals surface area contributed by atoms with E-state index in [0.717, 1.165) is 53.9 Å². The SMILES string of the molecule is CNc1nc(NC2CCC(OCCO)CC2)nn2ccc(-c3ccn4nccc4n3)c12. The fourth-order valence-corrected chi connectivity index (χ4v) is 4.21. The molecule has 0 amide bonds. The minimum absolute atomic E-state index is 0.0729. The molecule has 0 unspecified atom stereocenters. The van der Waals surface area contributed by atoms with Crippen molar-refractivity contribution < 1.29 is 9.84 Å². The van der Waals surface area contributed by atoms with Crippen molar-refractivity contribution in [1.29, 1.82) is 0 Å². The van der Waals surface area contributed by atoms with Crippen molar-refractivity contribution in [3.63, 3.8) is 0 Å². The van der Waals surface area contributed by atoms with Crippen LogP contribution in [0.2, 0.25) is 0 Å². The van der Waals surface area contributed by atoms with Crippen LogP contribution < -0.4 is 10.6 Å². The van der Waals surface area contributed by atoms with E-state index in [9.17, 15) is 0 Å². The summed E-state index contributed by atoms with van der Waals surface area (Å²) in [6.07, 6.45) is 9.70. The van der Waals surface area contributed by atoms with Crippen LogP contribution in [0.4, 0.5) is 11.8 Å². The van der Waals surface area contributed by atoms with Crippen molar-refractivity contribution >= 4 is 22.9 Å². The zero-order valence-corrected chi connectivity index (χ0v) is 17.4. The molecule has 31 heavy (non-hydrogen) atoms. The topological polar surface area (TPSA) is 114 Å². The molecule has 1 saturated carbocycles. The Labute approximate surface area is 179 Å². The molecule has 0 atom stereocenters. The Kier molecular flexibility index (Phi) is 5.39. The molecule has 0 saturated heterocycles. The van der Waals surface area contributed by atoms with Gasteiger partial charge in [0.2, 0.25) is 5.95 Å². The summed E-state index contributed by atoms with van der Waals surface area (Å²) in [5, 5.41) is 24.5. The van der Waals surface area contributed by atoms with Crippen molar-refractivity contribution in [3.05, 3.63) is 36.8 Å². The van der Waals surface area contributed by atoms with Crippen molar-refractivity contribution in [3.8, 4) is 11.3 Å². The number of ether oxygens (including phenoxy) is 1. The lowest BCUT2D eigenvalue weighted by atomic mass is 9.93. The molecular weight excluding hydrogens is 396 g/mol. The first-order valence-corrected chi connectivity index (χ1v) is 10.6. The Morgan fingerprint density at radius 2 is 1.94 bits per heavy atom. The van der Waals surface area contributed by atoms with Crippen molar-refractivity contribution in [2.75, 3.05) is 30.9 Å². The third kappa shape index (κ3) is 3.91. The van der Waals surface area contributed by atoms with E-state index in [-0.39, 0.29) is 12.7 Å². The number of nitrogens with one attached hydrogen (secondary N) is 2. The Balaban J connectivity index is 1.38. The number of hydrogen-bond acceptors (Lipinski definition) is 8. The summed E-state index contributed by atoms with van der Waals surface area (Å²) in [6.45, 7) is 0.483. The average molecular weight is 422 g/mol. The van der Waals surface area contributed by atoms with Crippen LogP contribution in [0, 0.1) is 0 Å². The lowest BCUT2D eigenvalue weighted by molar-refractivity contribution is 0.00719. The smallest absolute Gasteiger partial charge is 0.243 e. The third-order valence-corrected chi connectivity index (χ3v) is 5.73. The highest BCUT2D eigenvalue weighted by molar-refractivity contribution is 5.87. The van der Waals surface area contributed by atoms with Crippen LogP contribution in [-0.2, 0) is 4.74 Å². The summed E-state index contributed by atoms with van der Waals surface area (Å²) in [4.78, 5) is 9.44. The Bertz CT molecular complexity index is 1180. The predicted octanol–water partition coefficient (Wildman–Crippen LogP) is 2.21. The molecule has 1 fully saturated rings. The Morgan fingerprint density at radius 1 is 1.10 bits per heavy atom. The molecule has 0 aliphatic heterocycles. The zero-order chi connectivity index (χ0) is 21.2. The highest BCUT2D eigenvalue weighted by atomic mass is 16.5. The molecular formula is C21H26N8O2. The van der Waals surface area contributed by atoms with Gasteiger partial charge < -0.3 is 20.5 Å². The van der Waals surface area contributed by atoms with Crippen molar-refractivity contribution in [2.45, 2.75) is 37.8 Å². The van der Waals surface area contributed by atoms with E-state index in [1.165, 1.54) is 0 Å². The molecule has 0 radical (unpaired) electrons. The molecule has 5 rings (SSSR count). The first-order chi connectivity index (χ1) is 15.2. The summed E-state index contributed by atoms with van der Waals surface area (Å²) < 4.78 is 9.24. The molecule has 0 bridgehead atoms. The van der Waals surface area contributed by atoms with Gasteiger partial charge in [-0.15, -0.1) is 5.10 Å². The third-order valence-electron chi connectivity index (χ3n) is 5.73. The van der Waals surface area contributed by atoms with Gasteiger partial charge in [0, 0.05) is 37.1 Å². The van der Waals surface area contributed by atoms with Gasteiger partial charge in [-0.25, -0.2) is 14.0 Å². The minimum Gasteiger partial charge on any atom is -0.394 e. The van der Waals surface area contributed by atoms with Gasteiger partial charge in [0.1, 0.15) is 5.52 Å². The van der Waals surface area contributed by atoms with Crippen LogP contribution in [0.25, 0.3) is 22.4 Å². The number of rotatable bonds is 7. The summed E-state index contributed by atoms with van der Waals surface area (Å²) >= 11 is 0. The lowest BCUT2D eigenvalue weighted by Crippen LogP contribution is -2.31. The second-order valence-electron chi connectivity index (χ2n) is 7.72. The van der Waals surface area contributed by atoms with Crippen LogP contribution >= 0.6 is 0 Å². The fourth-order valence-electron chi connectivity index (χ4n) is 4.21. The number of aliphatic hydroxyl groups excluding tert-OH is 1. The minimum atomic E-state index is 0.0729. The van der Waals surface area contributed by atoms with Crippen LogP contribution in [0.1, 0.15) is 25.7 Å². The molecule has 4 heterocycles. The number of nitrogens with zero attached hydrogens (tertiary/aromatic N) is 6. The van der Waals surface area contributed by atoms with Gasteiger partial charge in [-0.3, -0.25) is 0 Å². The molecule has 1 aliphatic rings. The molecule has 4 aromatic rings. The van der Waals surface area contributed by atoms with E-state index in [4.69, 9.17) is 19.8 Å². The Hall–Kier alpha value is -3.24. The standard InChI is InChI=1S/C21H26N8O2/c1-22-20-19-16(17-8-11-28-18(25-17)6-9-23-28)7-10-29(19)27-21(26-20)24-14-2-4-15(5-3-14)31-13-12-30/h6-11,14-15,30H,2-5,12-13H2,1H3,(H2,22,24,26,27). The normalized spacial score (nSPS) is 19.2. The Morgan fingerprint density at radius 3 is 2.74 bits per heavy atom. The summed E-state index contributed by atoms with van der Waals surface area (Å²) in [5.41, 5.74) is 3.48. The van der Waals surface area contributed by atoms with Gasteiger partial charge >= 0.3 is 0 Å². The van der Waals surface area contributed by atoms with Crippen LogP contribution in [-0.4, -0.2) is 66.7 Å². The lowest BCUT2D eigenvalue weighted by Gasteiger charge is -2.29. The largest absolute Gasteiger partial charge is 0.394 e. The van der Waals surface area contributed by atoms with E-state index in [2.05, 4.69) is 20.8 Å². The summed E-state index contributed by atoms with van der Waals surface area (Å²) in [5.74, 6) is 1.34. The van der Waals surface area contributed by atoms with Gasteiger partial charge in [-0.1, -0.05) is 0 Å². The van der Waals surface area contributed by atoms with E-state index in [1.54, 1.807) is 10.7 Å². The first kappa shape index (κ1) is 19.7. The molecule has 0 aromatic carbocycles. The van der Waals surface area contributed by atoms with E-state index < -0.39 is 0 Å². The fraction of sp³-hybridized carbons (Fsp3) is 0.429. The number of fused-ring (bicyclic) bond motifs is 2. The molecule has 4 aromatic heterocycles. The van der Waals surface area contributed by atoms with Crippen LogP contribution in [0.5, 0.6) is 0 Å². The summed E-state index contributed by atoms with van der Waals surface area (Å²) in [7, 11) is 1.86. The molecule has 10 heteroatoms. The van der Waals surface area contributed by atoms with Gasteiger partial charge in [0.05, 0.1) is 31.2 Å². The zero-order valence-electron chi connectivity index (χ0n) is 17.4. The maximum Gasteiger partial charge on any atom is 0.243 e. The first-order valence-electron chi connectivity index (χ1n) is 10.6. The van der Waals surface area contributed by atoms with Gasteiger partial charge in [0.25, 0.3) is 0 Å². The number of anilines is 2. The number of aliphatic hydroxyl groups is 1. The molecule has 1 aliphatic carbocycles. The van der Waals surface area contributed by atoms with E-state index in [1.807, 2.05) is 42.2 Å². The number of aromatic nitrogens is 6. The highest BCUT2D eigenvalue weighted by Crippen LogP contribution is 2.30. The maximum atomic E-state index is 8.92. The predicted molar refractivity (Wildman–Crippen MR) is 117 cm³/mol. The second-order valence-corrected chi connectivity index (χ2v) is 7.72. The van der Waals surface area contributed by atoms with E-state index in [0.29, 0.717) is 18.6 Å². The molecule has 3 N–H and O–H groups in total. The monoisotopic (exact) mass is 422 g/mol. The van der Waals surface area contributed by atoms with Crippen molar-refractivity contribution in [1.82, 2.24) is 29.2 Å². The van der Waals surface area contributed by atoms with Gasteiger partial charge in [-0.05, 0) is 37.8 Å². The number of hydrogen-bond donors (Lipinski definition) is 3. The molecule has 10 nitrogen and oxygen atoms in total. The van der Waals surface area contributed by atoms with Gasteiger partial charge in [-0.2, -0.15) is 10.1 Å². The summed E-state index contributed by atoms with van der Waals surface area (Å²) in [6, 6.07) is 6.13. The van der Waals surface area contributed by atoms with Gasteiger partial charge in [0.15, 0.2) is 11.5 Å². The quantitative estimate of drug-likeness (QED) is 0.415. The van der Waals surface area contributed by atoms with E-state index >= 15 is 0 Å². The van der Waals surface area contributed by atoms with Crippen LogP contribution in [0.15, 0.2) is 36.8 Å². The maximum absolute atomic E-state index is 8.92. The van der Waals surface area contributed by atoms with Crippen LogP contribution in [0.3, 0.4) is 0 Å². The molecule has 0 spiro atoms. The highest BCUT2D eigenvalue weighted by Gasteiger charge is 2.23.